The molecule has 1 fully saturated rings. The average Bonchev–Trinajstić information content (AvgIpc) is 2.95. The van der Waals surface area contributed by atoms with Crippen LogP contribution in [0, 0.1) is 20.8 Å². The predicted molar refractivity (Wildman–Crippen MR) is 104 cm³/mol. The highest BCUT2D eigenvalue weighted by atomic mass is 16.2. The zero-order valence-electron chi connectivity index (χ0n) is 16.2. The van der Waals surface area contributed by atoms with E-state index >= 15 is 0 Å². The van der Waals surface area contributed by atoms with Crippen molar-refractivity contribution in [2.75, 3.05) is 7.05 Å². The molecule has 1 aromatic carbocycles. The first-order valence-electron chi connectivity index (χ1n) is 9.48. The van der Waals surface area contributed by atoms with Crippen LogP contribution in [0.3, 0.4) is 0 Å². The molecule has 26 heavy (non-hydrogen) atoms. The number of rotatable bonds is 4. The molecule has 1 heterocycles. The highest BCUT2D eigenvalue weighted by molar-refractivity contribution is 5.96. The molecule has 0 atom stereocenters. The summed E-state index contributed by atoms with van der Waals surface area (Å²) in [6.07, 6.45) is 4.77. The summed E-state index contributed by atoms with van der Waals surface area (Å²) in [5.74, 6) is -0.159. The molecule has 0 spiro atoms. The van der Waals surface area contributed by atoms with E-state index in [4.69, 9.17) is 0 Å². The van der Waals surface area contributed by atoms with Crippen LogP contribution in [0.5, 0.6) is 0 Å². The lowest BCUT2D eigenvalue weighted by atomic mass is 9.80. The van der Waals surface area contributed by atoms with Crippen LogP contribution in [-0.2, 0) is 16.0 Å². The molecule has 0 saturated heterocycles. The Hall–Kier alpha value is -2.30. The number of hydrogen-bond donors (Lipinski definition) is 3. The first-order valence-corrected chi connectivity index (χ1v) is 9.48. The van der Waals surface area contributed by atoms with Crippen LogP contribution < -0.4 is 10.6 Å². The van der Waals surface area contributed by atoms with Crippen molar-refractivity contribution in [3.8, 4) is 0 Å². The van der Waals surface area contributed by atoms with Crippen LogP contribution in [0.2, 0.25) is 0 Å². The summed E-state index contributed by atoms with van der Waals surface area (Å²) in [6, 6.07) is 4.19. The number of carbonyl (C=O) groups is 2. The average molecular weight is 355 g/mol. The number of carbonyl (C=O) groups excluding carboxylic acids is 2. The van der Waals surface area contributed by atoms with Crippen molar-refractivity contribution in [2.45, 2.75) is 64.8 Å². The van der Waals surface area contributed by atoms with Crippen molar-refractivity contribution in [1.82, 2.24) is 15.6 Å². The summed E-state index contributed by atoms with van der Waals surface area (Å²) in [5, 5.41) is 6.95. The summed E-state index contributed by atoms with van der Waals surface area (Å²) in [4.78, 5) is 28.8. The fraction of sp³-hybridized carbons (Fsp3) is 0.524. The number of aromatic nitrogens is 1. The Bertz CT molecular complexity index is 845. The van der Waals surface area contributed by atoms with Gasteiger partial charge in [-0.05, 0) is 50.3 Å². The molecule has 0 aliphatic heterocycles. The Labute approximate surface area is 154 Å². The molecular weight excluding hydrogens is 326 g/mol. The molecule has 1 aromatic heterocycles. The molecular formula is C21H29N3O2. The lowest BCUT2D eigenvalue weighted by Crippen LogP contribution is -2.59. The lowest BCUT2D eigenvalue weighted by molar-refractivity contribution is -0.134. The van der Waals surface area contributed by atoms with Gasteiger partial charge < -0.3 is 15.6 Å². The second-order valence-electron chi connectivity index (χ2n) is 7.62. The second-order valence-corrected chi connectivity index (χ2v) is 7.62. The van der Waals surface area contributed by atoms with E-state index in [0.29, 0.717) is 12.8 Å². The molecule has 1 aliphatic rings. The number of fused-ring (bicyclic) bond motifs is 1. The van der Waals surface area contributed by atoms with Gasteiger partial charge in [-0.2, -0.15) is 0 Å². The first-order chi connectivity index (χ1) is 12.4. The maximum atomic E-state index is 12.9. The van der Waals surface area contributed by atoms with Crippen LogP contribution in [0.4, 0.5) is 0 Å². The second kappa shape index (κ2) is 7.14. The molecule has 2 aromatic rings. The SMILES string of the molecule is CNC(=O)C1(NC(=O)Cc2c(C)[nH]c3c(C)ccc(C)c23)CCCCC1. The number of hydrogen-bond acceptors (Lipinski definition) is 2. The number of H-pyrrole nitrogens is 1. The van der Waals surface area contributed by atoms with Gasteiger partial charge in [0.25, 0.3) is 0 Å². The number of benzene rings is 1. The molecule has 3 N–H and O–H groups in total. The maximum absolute atomic E-state index is 12.9. The van der Waals surface area contributed by atoms with Crippen molar-refractivity contribution in [2.24, 2.45) is 0 Å². The van der Waals surface area contributed by atoms with E-state index in [-0.39, 0.29) is 18.2 Å². The topological polar surface area (TPSA) is 74.0 Å². The van der Waals surface area contributed by atoms with Crippen molar-refractivity contribution in [3.05, 3.63) is 34.5 Å². The minimum Gasteiger partial charge on any atom is -0.358 e. The van der Waals surface area contributed by atoms with Gasteiger partial charge in [0.15, 0.2) is 0 Å². The lowest BCUT2D eigenvalue weighted by Gasteiger charge is -2.36. The van der Waals surface area contributed by atoms with Crippen LogP contribution >= 0.6 is 0 Å². The largest absolute Gasteiger partial charge is 0.358 e. The predicted octanol–water partition coefficient (Wildman–Crippen LogP) is 3.20. The third kappa shape index (κ3) is 3.22. The number of likely N-dealkylation sites (N-methyl/N-ethyl adjacent to an activating group) is 1. The van der Waals surface area contributed by atoms with Gasteiger partial charge in [-0.15, -0.1) is 0 Å². The van der Waals surface area contributed by atoms with Crippen LogP contribution in [-0.4, -0.2) is 29.4 Å². The molecule has 0 bridgehead atoms. The molecule has 5 heteroatoms. The van der Waals surface area contributed by atoms with E-state index in [9.17, 15) is 9.59 Å². The molecule has 5 nitrogen and oxygen atoms in total. The minimum absolute atomic E-state index is 0.0757. The molecule has 140 valence electrons. The maximum Gasteiger partial charge on any atom is 0.245 e. The molecule has 1 saturated carbocycles. The third-order valence-electron chi connectivity index (χ3n) is 5.77. The highest BCUT2D eigenvalue weighted by Gasteiger charge is 2.40. The molecule has 2 amide bonds. The number of amides is 2. The van der Waals surface area contributed by atoms with Crippen LogP contribution in [0.1, 0.15) is 54.5 Å². The summed E-state index contributed by atoms with van der Waals surface area (Å²) < 4.78 is 0. The van der Waals surface area contributed by atoms with Gasteiger partial charge in [-0.25, -0.2) is 0 Å². The summed E-state index contributed by atoms with van der Waals surface area (Å²) >= 11 is 0. The fourth-order valence-corrected chi connectivity index (χ4v) is 4.31. The Balaban J connectivity index is 1.88. The van der Waals surface area contributed by atoms with E-state index < -0.39 is 5.54 Å². The zero-order chi connectivity index (χ0) is 18.9. The van der Waals surface area contributed by atoms with Gasteiger partial charge in [0.05, 0.1) is 6.42 Å². The number of aryl methyl sites for hydroxylation is 3. The van der Waals surface area contributed by atoms with Crippen molar-refractivity contribution < 1.29 is 9.59 Å². The molecule has 0 radical (unpaired) electrons. The van der Waals surface area contributed by atoms with Gasteiger partial charge in [0, 0.05) is 23.6 Å². The van der Waals surface area contributed by atoms with E-state index in [2.05, 4.69) is 41.6 Å². The molecule has 1 aliphatic carbocycles. The van der Waals surface area contributed by atoms with Gasteiger partial charge >= 0.3 is 0 Å². The van der Waals surface area contributed by atoms with Gasteiger partial charge in [-0.3, -0.25) is 9.59 Å². The highest BCUT2D eigenvalue weighted by Crippen LogP contribution is 2.30. The van der Waals surface area contributed by atoms with Crippen LogP contribution in [0.25, 0.3) is 10.9 Å². The van der Waals surface area contributed by atoms with Crippen molar-refractivity contribution in [1.29, 1.82) is 0 Å². The first kappa shape index (κ1) is 18.5. The van der Waals surface area contributed by atoms with E-state index in [1.807, 2.05) is 6.92 Å². The Kier molecular flexibility index (Phi) is 5.08. The van der Waals surface area contributed by atoms with Gasteiger partial charge in [0.1, 0.15) is 5.54 Å². The zero-order valence-corrected chi connectivity index (χ0v) is 16.2. The Morgan fingerprint density at radius 2 is 1.73 bits per heavy atom. The molecule has 0 unspecified atom stereocenters. The van der Waals surface area contributed by atoms with E-state index in [0.717, 1.165) is 47.0 Å². The Morgan fingerprint density at radius 3 is 2.38 bits per heavy atom. The van der Waals surface area contributed by atoms with Crippen molar-refractivity contribution >= 4 is 22.7 Å². The van der Waals surface area contributed by atoms with E-state index in [1.54, 1.807) is 7.05 Å². The van der Waals surface area contributed by atoms with Crippen molar-refractivity contribution in [3.63, 3.8) is 0 Å². The monoisotopic (exact) mass is 355 g/mol. The van der Waals surface area contributed by atoms with Gasteiger partial charge in [-0.1, -0.05) is 31.4 Å². The smallest absolute Gasteiger partial charge is 0.245 e. The fourth-order valence-electron chi connectivity index (χ4n) is 4.31. The summed E-state index contributed by atoms with van der Waals surface area (Å²) in [7, 11) is 1.64. The standard InChI is InChI=1S/C21H29N3O2/c1-13-8-9-14(2)19-18(13)16(15(3)23-19)12-17(25)24-21(20(26)22-4)10-6-5-7-11-21/h8-9,23H,5-7,10-12H2,1-4H3,(H,22,26)(H,24,25). The summed E-state index contributed by atoms with van der Waals surface area (Å²) in [5.41, 5.74) is 4.73. The van der Waals surface area contributed by atoms with E-state index in [1.165, 1.54) is 5.56 Å². The van der Waals surface area contributed by atoms with Gasteiger partial charge in [0.2, 0.25) is 11.8 Å². The Morgan fingerprint density at radius 1 is 1.08 bits per heavy atom. The summed E-state index contributed by atoms with van der Waals surface area (Å²) in [6.45, 7) is 6.16. The molecule has 3 rings (SSSR count). The third-order valence-corrected chi connectivity index (χ3v) is 5.77. The minimum atomic E-state index is -0.755. The number of aromatic amines is 1. The van der Waals surface area contributed by atoms with Crippen LogP contribution in [0.15, 0.2) is 12.1 Å². The normalized spacial score (nSPS) is 16.5. The quantitative estimate of drug-likeness (QED) is 0.788. The number of nitrogens with one attached hydrogen (secondary N) is 3.